The lowest BCUT2D eigenvalue weighted by molar-refractivity contribution is -0.494. The first-order chi connectivity index (χ1) is 18.5. The van der Waals surface area contributed by atoms with Crippen molar-refractivity contribution in [2.75, 3.05) is 6.54 Å². The molecule has 0 aromatic heterocycles. The molecule has 40 heavy (non-hydrogen) atoms. The van der Waals surface area contributed by atoms with Crippen LogP contribution in [0.5, 0.6) is 0 Å². The van der Waals surface area contributed by atoms with Crippen molar-refractivity contribution in [3.8, 4) is 0 Å². The van der Waals surface area contributed by atoms with E-state index in [1.807, 2.05) is 0 Å². The lowest BCUT2D eigenvalue weighted by atomic mass is 9.33. The van der Waals surface area contributed by atoms with Crippen molar-refractivity contribution < 1.29 is 24.4 Å². The number of hydrogen-bond acceptors (Lipinski definition) is 6. The van der Waals surface area contributed by atoms with Crippen LogP contribution in [0, 0.1) is 60.9 Å². The van der Waals surface area contributed by atoms with Gasteiger partial charge in [0.15, 0.2) is 5.78 Å². The van der Waals surface area contributed by atoms with Gasteiger partial charge in [-0.15, -0.1) is 0 Å². The van der Waals surface area contributed by atoms with Gasteiger partial charge in [-0.25, -0.2) is 0 Å². The summed E-state index contributed by atoms with van der Waals surface area (Å²) < 4.78 is 5.87. The molecular formula is C33H51NO6. The van der Waals surface area contributed by atoms with Gasteiger partial charge < -0.3 is 9.84 Å². The van der Waals surface area contributed by atoms with E-state index in [2.05, 4.69) is 48.5 Å². The summed E-state index contributed by atoms with van der Waals surface area (Å²) in [6.45, 7) is 17.2. The monoisotopic (exact) mass is 557 g/mol. The van der Waals surface area contributed by atoms with Gasteiger partial charge in [0.25, 0.3) is 0 Å². The van der Waals surface area contributed by atoms with E-state index in [1.54, 1.807) is 0 Å². The summed E-state index contributed by atoms with van der Waals surface area (Å²) in [6.07, 6.45) is 6.65. The van der Waals surface area contributed by atoms with E-state index in [1.165, 1.54) is 6.92 Å². The van der Waals surface area contributed by atoms with Gasteiger partial charge in [0.2, 0.25) is 6.54 Å². The molecule has 0 amide bonds. The van der Waals surface area contributed by atoms with Crippen LogP contribution in [0.1, 0.15) is 113 Å². The number of ether oxygens (including phenoxy) is 1. The summed E-state index contributed by atoms with van der Waals surface area (Å²) in [5, 5.41) is 22.9. The summed E-state index contributed by atoms with van der Waals surface area (Å²) >= 11 is 0. The number of ketones is 1. The molecule has 7 nitrogen and oxygen atoms in total. The molecule has 5 rings (SSSR count). The van der Waals surface area contributed by atoms with Crippen molar-refractivity contribution in [1.82, 2.24) is 0 Å². The molecule has 9 atom stereocenters. The van der Waals surface area contributed by atoms with E-state index in [-0.39, 0.29) is 57.8 Å². The first kappa shape index (κ1) is 29.7. The first-order valence-corrected chi connectivity index (χ1v) is 15.7. The Morgan fingerprint density at radius 2 is 1.68 bits per heavy atom. The highest BCUT2D eigenvalue weighted by Crippen LogP contribution is 2.77. The van der Waals surface area contributed by atoms with Gasteiger partial charge in [-0.3, -0.25) is 19.7 Å². The Balaban J connectivity index is 1.56. The van der Waals surface area contributed by atoms with Gasteiger partial charge in [0.1, 0.15) is 12.2 Å². The van der Waals surface area contributed by atoms with Gasteiger partial charge in [-0.2, -0.15) is 0 Å². The molecule has 0 unspecified atom stereocenters. The molecule has 1 N–H and O–H groups in total. The molecule has 4 saturated carbocycles. The van der Waals surface area contributed by atoms with E-state index in [0.29, 0.717) is 18.3 Å². The fourth-order valence-electron chi connectivity index (χ4n) is 11.8. The topological polar surface area (TPSA) is 107 Å². The summed E-state index contributed by atoms with van der Waals surface area (Å²) in [7, 11) is 0. The molecule has 7 heteroatoms. The second-order valence-corrected chi connectivity index (χ2v) is 15.8. The maximum Gasteiger partial charge on any atom is 0.302 e. The normalized spacial score (nSPS) is 44.8. The minimum atomic E-state index is -1.14. The third kappa shape index (κ3) is 3.84. The number of nitro groups is 1. The highest BCUT2D eigenvalue weighted by Gasteiger charge is 2.71. The van der Waals surface area contributed by atoms with Gasteiger partial charge >= 0.3 is 5.97 Å². The standard InChI is InChI=1S/C33H51NO6/c1-19(2)27-22(36)17-33(25(37)18-34(38)39)16-15-31(7)21(28(27)33)9-10-24-30(6)13-12-26(40-20(3)35)29(4,5)23(30)11-14-32(24,31)8/h19,21,23-26,37H,9-18H2,1-8H3/t21-,23+,24-,25-,26+,30+,31-,32-,33+/m1/s1. The zero-order valence-corrected chi connectivity index (χ0v) is 26.0. The summed E-state index contributed by atoms with van der Waals surface area (Å²) in [5.41, 5.74) is 1.15. The van der Waals surface area contributed by atoms with Crippen LogP contribution in [0.4, 0.5) is 0 Å². The Morgan fingerprint density at radius 1 is 1.00 bits per heavy atom. The highest BCUT2D eigenvalue weighted by molar-refractivity contribution is 6.00. The van der Waals surface area contributed by atoms with E-state index in [0.717, 1.165) is 56.1 Å². The maximum atomic E-state index is 13.6. The number of carbonyl (C=O) groups excluding carboxylic acids is 2. The lowest BCUT2D eigenvalue weighted by Crippen LogP contribution is -2.66. The van der Waals surface area contributed by atoms with Crippen LogP contribution in [-0.2, 0) is 14.3 Å². The summed E-state index contributed by atoms with van der Waals surface area (Å²) in [5.74, 6) is 1.04. The molecule has 0 spiro atoms. The Labute approximate surface area is 240 Å². The predicted molar refractivity (Wildman–Crippen MR) is 153 cm³/mol. The number of Topliss-reactive ketones (excluding diaryl/α,β-unsaturated/α-hetero) is 1. The number of nitrogens with zero attached hydrogens (tertiary/aromatic N) is 1. The number of aliphatic hydroxyl groups excluding tert-OH is 1. The minimum absolute atomic E-state index is 0.0330. The third-order valence-electron chi connectivity index (χ3n) is 13.7. The van der Waals surface area contributed by atoms with Crippen LogP contribution in [0.3, 0.4) is 0 Å². The number of fused-ring (bicyclic) bond motifs is 7. The molecule has 0 aliphatic heterocycles. The van der Waals surface area contributed by atoms with Crippen LogP contribution < -0.4 is 0 Å². The average molecular weight is 558 g/mol. The van der Waals surface area contributed by atoms with Crippen molar-refractivity contribution >= 4 is 11.8 Å². The lowest BCUT2D eigenvalue weighted by Gasteiger charge is -2.72. The number of allylic oxidation sites excluding steroid dienone is 1. The highest BCUT2D eigenvalue weighted by atomic mass is 16.6. The first-order valence-electron chi connectivity index (χ1n) is 15.7. The molecule has 5 aliphatic rings. The second-order valence-electron chi connectivity index (χ2n) is 15.8. The zero-order valence-electron chi connectivity index (χ0n) is 26.0. The molecule has 4 fully saturated rings. The molecule has 0 saturated heterocycles. The van der Waals surface area contributed by atoms with Gasteiger partial charge in [-0.05, 0) is 96.9 Å². The Kier molecular flexibility index (Phi) is 6.96. The molecule has 0 heterocycles. The van der Waals surface area contributed by atoms with Crippen LogP contribution in [0.2, 0.25) is 0 Å². The summed E-state index contributed by atoms with van der Waals surface area (Å²) in [4.78, 5) is 36.6. The van der Waals surface area contributed by atoms with Crippen molar-refractivity contribution in [2.45, 2.75) is 125 Å². The minimum Gasteiger partial charge on any atom is -0.462 e. The van der Waals surface area contributed by atoms with E-state index in [9.17, 15) is 24.8 Å². The van der Waals surface area contributed by atoms with Crippen molar-refractivity contribution in [2.24, 2.45) is 50.7 Å². The number of aliphatic hydroxyl groups is 1. The Bertz CT molecular complexity index is 1140. The van der Waals surface area contributed by atoms with Crippen molar-refractivity contribution in [1.29, 1.82) is 0 Å². The van der Waals surface area contributed by atoms with Crippen LogP contribution in [0.15, 0.2) is 11.1 Å². The van der Waals surface area contributed by atoms with E-state index in [4.69, 9.17) is 4.74 Å². The molecule has 0 radical (unpaired) electrons. The van der Waals surface area contributed by atoms with Crippen molar-refractivity contribution in [3.05, 3.63) is 21.3 Å². The van der Waals surface area contributed by atoms with Gasteiger partial charge in [-0.1, -0.05) is 54.0 Å². The zero-order chi connectivity index (χ0) is 29.6. The SMILES string of the molecule is CC(=O)O[C@H]1CC[C@]2(C)[C@H]3CC[C@@H]4C5=C(C(C)C)C(=O)C[C@]5([C@H](O)C[N+](=O)[O-])CC[C@@]4(C)[C@]3(C)CC[C@H]2C1(C)C. The average Bonchev–Trinajstić information content (AvgIpc) is 3.14. The van der Waals surface area contributed by atoms with Crippen LogP contribution in [0.25, 0.3) is 0 Å². The molecule has 0 aromatic carbocycles. The summed E-state index contributed by atoms with van der Waals surface area (Å²) in [6, 6.07) is 0. The molecular weight excluding hydrogens is 506 g/mol. The smallest absolute Gasteiger partial charge is 0.302 e. The second kappa shape index (κ2) is 9.37. The van der Waals surface area contributed by atoms with Crippen molar-refractivity contribution in [3.63, 3.8) is 0 Å². The fourth-order valence-corrected chi connectivity index (χ4v) is 11.8. The molecule has 0 aromatic rings. The fraction of sp³-hybridized carbons (Fsp3) is 0.879. The maximum absolute atomic E-state index is 13.6. The van der Waals surface area contributed by atoms with E-state index < -0.39 is 23.0 Å². The molecule has 0 bridgehead atoms. The van der Waals surface area contributed by atoms with Crippen LogP contribution in [-0.4, -0.2) is 40.5 Å². The molecule has 5 aliphatic carbocycles. The number of hydrogen-bond donors (Lipinski definition) is 1. The molecule has 224 valence electrons. The van der Waals surface area contributed by atoms with E-state index >= 15 is 0 Å². The quantitative estimate of drug-likeness (QED) is 0.234. The predicted octanol–water partition coefficient (Wildman–Crippen LogP) is 6.54. The largest absolute Gasteiger partial charge is 0.462 e. The van der Waals surface area contributed by atoms with Gasteiger partial charge in [0, 0.05) is 29.1 Å². The Hall–Kier alpha value is -1.76. The van der Waals surface area contributed by atoms with Crippen LogP contribution >= 0.6 is 0 Å². The van der Waals surface area contributed by atoms with Gasteiger partial charge in [0.05, 0.1) is 0 Å². The number of rotatable bonds is 5. The third-order valence-corrected chi connectivity index (χ3v) is 13.7. The number of carbonyl (C=O) groups is 2. The Morgan fingerprint density at radius 3 is 2.27 bits per heavy atom. The number of esters is 1.